The number of carbonyl (C=O) groups is 1. The van der Waals surface area contributed by atoms with Gasteiger partial charge >= 0.3 is 0 Å². The summed E-state index contributed by atoms with van der Waals surface area (Å²) in [6, 6.07) is 4.43. The van der Waals surface area contributed by atoms with Crippen molar-refractivity contribution < 1.29 is 17.9 Å². The quantitative estimate of drug-likeness (QED) is 0.875. The molecule has 1 amide bonds. The number of sulfonamides is 1. The van der Waals surface area contributed by atoms with Crippen LogP contribution in [0.2, 0.25) is 0 Å². The number of carbonyl (C=O) groups excluding carboxylic acids is 1. The van der Waals surface area contributed by atoms with Crippen molar-refractivity contribution in [2.45, 2.75) is 4.90 Å². The number of aromatic nitrogens is 2. The molecule has 0 saturated heterocycles. The van der Waals surface area contributed by atoms with Crippen LogP contribution in [0.4, 0.5) is 5.69 Å². The molecule has 1 N–H and O–H groups in total. The van der Waals surface area contributed by atoms with Crippen LogP contribution in [0.25, 0.3) is 0 Å². The molecule has 0 unspecified atom stereocenters. The van der Waals surface area contributed by atoms with Gasteiger partial charge in [0.05, 0.1) is 18.9 Å². The minimum absolute atomic E-state index is 0.0195. The van der Waals surface area contributed by atoms with Gasteiger partial charge in [-0.05, 0) is 18.2 Å². The number of anilines is 1. The second-order valence-corrected chi connectivity index (χ2v) is 7.13. The van der Waals surface area contributed by atoms with Crippen molar-refractivity contribution >= 4 is 21.6 Å². The first-order valence-corrected chi connectivity index (χ1v) is 8.10. The topological polar surface area (TPSA) is 93.5 Å². The van der Waals surface area contributed by atoms with E-state index in [1.165, 1.54) is 44.2 Å². The fraction of sp³-hybridized carbons (Fsp3) is 0.286. The lowest BCUT2D eigenvalue weighted by Gasteiger charge is -2.15. The van der Waals surface area contributed by atoms with Crippen molar-refractivity contribution in [1.82, 2.24) is 14.1 Å². The first kappa shape index (κ1) is 17.0. The zero-order chi connectivity index (χ0) is 17.2. The maximum absolute atomic E-state index is 12.3. The Labute approximate surface area is 134 Å². The van der Waals surface area contributed by atoms with Crippen LogP contribution in [-0.4, -0.2) is 49.6 Å². The molecule has 0 fully saturated rings. The lowest BCUT2D eigenvalue weighted by molar-refractivity contribution is 0.102. The van der Waals surface area contributed by atoms with Gasteiger partial charge in [-0.3, -0.25) is 9.48 Å². The summed E-state index contributed by atoms with van der Waals surface area (Å²) >= 11 is 0. The van der Waals surface area contributed by atoms with Gasteiger partial charge in [0, 0.05) is 33.0 Å². The van der Waals surface area contributed by atoms with Crippen molar-refractivity contribution in [2.75, 3.05) is 26.5 Å². The monoisotopic (exact) mass is 338 g/mol. The van der Waals surface area contributed by atoms with Gasteiger partial charge in [0.2, 0.25) is 10.0 Å². The van der Waals surface area contributed by atoms with Gasteiger partial charge in [0.1, 0.15) is 10.6 Å². The molecule has 23 heavy (non-hydrogen) atoms. The molecule has 0 aliphatic carbocycles. The summed E-state index contributed by atoms with van der Waals surface area (Å²) in [5.41, 5.74) is 0.723. The summed E-state index contributed by atoms with van der Waals surface area (Å²) < 4.78 is 32.4. The van der Waals surface area contributed by atoms with Gasteiger partial charge in [0.15, 0.2) is 0 Å². The molecule has 1 heterocycles. The summed E-state index contributed by atoms with van der Waals surface area (Å²) in [4.78, 5) is 12.1. The lowest BCUT2D eigenvalue weighted by Crippen LogP contribution is -2.23. The number of ether oxygens (including phenoxy) is 1. The summed E-state index contributed by atoms with van der Waals surface area (Å²) in [6.45, 7) is 0. The Kier molecular flexibility index (Phi) is 4.71. The molecule has 0 aliphatic rings. The van der Waals surface area contributed by atoms with Gasteiger partial charge in [0.25, 0.3) is 5.91 Å². The minimum atomic E-state index is -3.70. The van der Waals surface area contributed by atoms with Crippen LogP contribution < -0.4 is 10.1 Å². The van der Waals surface area contributed by atoms with Gasteiger partial charge in [-0.2, -0.15) is 5.10 Å². The van der Waals surface area contributed by atoms with E-state index < -0.39 is 10.0 Å². The third kappa shape index (κ3) is 3.51. The van der Waals surface area contributed by atoms with Gasteiger partial charge < -0.3 is 10.1 Å². The normalized spacial score (nSPS) is 11.5. The molecule has 0 aliphatic heterocycles. The zero-order valence-electron chi connectivity index (χ0n) is 13.3. The number of benzene rings is 1. The molecule has 9 heteroatoms. The zero-order valence-corrected chi connectivity index (χ0v) is 14.1. The third-order valence-electron chi connectivity index (χ3n) is 3.15. The fourth-order valence-corrected chi connectivity index (χ4v) is 2.97. The Morgan fingerprint density at radius 1 is 1.35 bits per heavy atom. The molecule has 2 aromatic rings. The highest BCUT2D eigenvalue weighted by Crippen LogP contribution is 2.29. The van der Waals surface area contributed by atoms with E-state index in [9.17, 15) is 13.2 Å². The van der Waals surface area contributed by atoms with E-state index in [1.54, 1.807) is 19.3 Å². The predicted molar refractivity (Wildman–Crippen MR) is 85.0 cm³/mol. The second kappa shape index (κ2) is 6.39. The molecule has 0 atom stereocenters. The second-order valence-electron chi connectivity index (χ2n) is 5.01. The number of nitrogens with zero attached hydrogens (tertiary/aromatic N) is 3. The van der Waals surface area contributed by atoms with E-state index in [4.69, 9.17) is 4.74 Å². The van der Waals surface area contributed by atoms with E-state index in [1.807, 2.05) is 0 Å². The number of amides is 1. The highest BCUT2D eigenvalue weighted by molar-refractivity contribution is 7.89. The average molecular weight is 338 g/mol. The molecule has 0 radical (unpaired) electrons. The van der Waals surface area contributed by atoms with E-state index in [-0.39, 0.29) is 16.6 Å². The third-order valence-corrected chi connectivity index (χ3v) is 4.98. The molecule has 8 nitrogen and oxygen atoms in total. The smallest absolute Gasteiger partial charge is 0.258 e. The molecular formula is C14H18N4O4S. The molecule has 1 aromatic carbocycles. The fourth-order valence-electron chi connectivity index (χ4n) is 1.89. The van der Waals surface area contributed by atoms with Crippen LogP contribution >= 0.6 is 0 Å². The first-order valence-electron chi connectivity index (χ1n) is 6.66. The van der Waals surface area contributed by atoms with Crippen molar-refractivity contribution in [3.8, 4) is 5.75 Å². The number of aryl methyl sites for hydroxylation is 1. The molecule has 2 rings (SSSR count). The van der Waals surface area contributed by atoms with Crippen LogP contribution in [0.5, 0.6) is 5.75 Å². The van der Waals surface area contributed by atoms with Gasteiger partial charge in [-0.1, -0.05) is 0 Å². The SMILES string of the molecule is COc1ccc(NC(=O)c2cnn(C)c2)cc1S(=O)(=O)N(C)C. The van der Waals surface area contributed by atoms with Crippen LogP contribution in [0.1, 0.15) is 10.4 Å². The molecule has 1 aromatic heterocycles. The van der Waals surface area contributed by atoms with Crippen LogP contribution in [0.3, 0.4) is 0 Å². The van der Waals surface area contributed by atoms with E-state index >= 15 is 0 Å². The first-order chi connectivity index (χ1) is 10.8. The Balaban J connectivity index is 2.36. The van der Waals surface area contributed by atoms with Crippen LogP contribution in [0, 0.1) is 0 Å². The van der Waals surface area contributed by atoms with Crippen molar-refractivity contribution in [3.63, 3.8) is 0 Å². The lowest BCUT2D eigenvalue weighted by atomic mass is 10.2. The highest BCUT2D eigenvalue weighted by Gasteiger charge is 2.23. The Morgan fingerprint density at radius 2 is 2.04 bits per heavy atom. The van der Waals surface area contributed by atoms with Crippen LogP contribution in [-0.2, 0) is 17.1 Å². The summed E-state index contributed by atoms with van der Waals surface area (Å²) in [5.74, 6) is -0.172. The van der Waals surface area contributed by atoms with Crippen LogP contribution in [0.15, 0.2) is 35.5 Å². The Hall–Kier alpha value is -2.39. The standard InChI is InChI=1S/C14H18N4O4S/c1-17(2)23(20,21)13-7-11(5-6-12(13)22-4)16-14(19)10-8-15-18(3)9-10/h5-9H,1-4H3,(H,16,19). The van der Waals surface area contributed by atoms with Gasteiger partial charge in [-0.15, -0.1) is 0 Å². The summed E-state index contributed by atoms with van der Waals surface area (Å²) in [7, 11) is 2.24. The number of methoxy groups -OCH3 is 1. The molecule has 0 bridgehead atoms. The molecule has 124 valence electrons. The number of nitrogens with one attached hydrogen (secondary N) is 1. The molecule has 0 saturated carbocycles. The Morgan fingerprint density at radius 3 is 2.57 bits per heavy atom. The van der Waals surface area contributed by atoms with Crippen molar-refractivity contribution in [2.24, 2.45) is 7.05 Å². The Bertz CT molecular complexity index is 827. The number of hydrogen-bond acceptors (Lipinski definition) is 5. The summed E-state index contributed by atoms with van der Waals surface area (Å²) in [6.07, 6.45) is 2.99. The minimum Gasteiger partial charge on any atom is -0.495 e. The molecular weight excluding hydrogens is 320 g/mol. The highest BCUT2D eigenvalue weighted by atomic mass is 32.2. The van der Waals surface area contributed by atoms with Crippen molar-refractivity contribution in [1.29, 1.82) is 0 Å². The summed E-state index contributed by atoms with van der Waals surface area (Å²) in [5, 5.41) is 6.56. The van der Waals surface area contributed by atoms with E-state index in [0.717, 1.165) is 4.31 Å². The van der Waals surface area contributed by atoms with Gasteiger partial charge in [-0.25, -0.2) is 12.7 Å². The molecule has 0 spiro atoms. The number of rotatable bonds is 5. The largest absolute Gasteiger partial charge is 0.495 e. The number of hydrogen-bond donors (Lipinski definition) is 1. The van der Waals surface area contributed by atoms with Crippen molar-refractivity contribution in [3.05, 3.63) is 36.2 Å². The van der Waals surface area contributed by atoms with E-state index in [2.05, 4.69) is 10.4 Å². The maximum atomic E-state index is 12.3. The average Bonchev–Trinajstić information content (AvgIpc) is 2.93. The maximum Gasteiger partial charge on any atom is 0.258 e. The van der Waals surface area contributed by atoms with E-state index in [0.29, 0.717) is 11.3 Å². The predicted octanol–water partition coefficient (Wildman–Crippen LogP) is 0.931.